The first-order valence-corrected chi connectivity index (χ1v) is 8.92. The molecule has 0 bridgehead atoms. The van der Waals surface area contributed by atoms with E-state index in [0.29, 0.717) is 24.1 Å². The summed E-state index contributed by atoms with van der Waals surface area (Å²) >= 11 is 5.23. The molecule has 1 aromatic carbocycles. The van der Waals surface area contributed by atoms with Gasteiger partial charge in [0, 0.05) is 6.42 Å². The normalized spacial score (nSPS) is 15.0. The van der Waals surface area contributed by atoms with Gasteiger partial charge in [-0.15, -0.1) is 0 Å². The summed E-state index contributed by atoms with van der Waals surface area (Å²) in [5.41, 5.74) is 0.770. The molecule has 1 fully saturated rings. The third-order valence-corrected chi connectivity index (χ3v) is 4.40. The highest BCUT2D eigenvalue weighted by Crippen LogP contribution is 2.27. The van der Waals surface area contributed by atoms with Crippen LogP contribution in [0.5, 0.6) is 5.75 Å². The highest BCUT2D eigenvalue weighted by Gasteiger charge is 2.15. The van der Waals surface area contributed by atoms with Crippen LogP contribution >= 0.6 is 12.2 Å². The van der Waals surface area contributed by atoms with Gasteiger partial charge in [0.15, 0.2) is 5.11 Å². The van der Waals surface area contributed by atoms with E-state index in [1.54, 1.807) is 0 Å². The van der Waals surface area contributed by atoms with E-state index in [4.69, 9.17) is 17.0 Å². The fraction of sp³-hybridized carbons (Fsp3) is 0.556. The van der Waals surface area contributed by atoms with Gasteiger partial charge >= 0.3 is 0 Å². The van der Waals surface area contributed by atoms with Crippen molar-refractivity contribution in [2.45, 2.75) is 51.9 Å². The smallest absolute Gasteiger partial charge is 0.226 e. The van der Waals surface area contributed by atoms with E-state index in [2.05, 4.69) is 10.6 Å². The quantitative estimate of drug-likeness (QED) is 0.763. The topological polar surface area (TPSA) is 50.4 Å². The summed E-state index contributed by atoms with van der Waals surface area (Å²) in [6.07, 6.45) is 7.98. The number of para-hydroxylation sites is 2. The Morgan fingerprint density at radius 1 is 1.26 bits per heavy atom. The molecule has 5 heteroatoms. The van der Waals surface area contributed by atoms with Crippen molar-refractivity contribution in [1.82, 2.24) is 5.32 Å². The van der Waals surface area contributed by atoms with Gasteiger partial charge in [0.1, 0.15) is 5.75 Å². The Bertz CT molecular complexity index is 528. The van der Waals surface area contributed by atoms with Crippen LogP contribution in [0.2, 0.25) is 0 Å². The maximum absolute atomic E-state index is 12.0. The monoisotopic (exact) mass is 334 g/mol. The molecule has 4 nitrogen and oxygen atoms in total. The van der Waals surface area contributed by atoms with Crippen LogP contribution in [0.15, 0.2) is 24.3 Å². The second-order valence-corrected chi connectivity index (χ2v) is 6.38. The number of anilines is 1. The van der Waals surface area contributed by atoms with Gasteiger partial charge in [-0.1, -0.05) is 44.2 Å². The first-order valence-electron chi connectivity index (χ1n) is 8.51. The van der Waals surface area contributed by atoms with Crippen LogP contribution < -0.4 is 15.4 Å². The molecule has 23 heavy (non-hydrogen) atoms. The molecule has 0 heterocycles. The highest BCUT2D eigenvalue weighted by molar-refractivity contribution is 7.80. The Morgan fingerprint density at radius 3 is 2.74 bits per heavy atom. The fourth-order valence-corrected chi connectivity index (χ4v) is 3.23. The number of carbonyl (C=O) groups excluding carboxylic acids is 1. The Morgan fingerprint density at radius 2 is 2.00 bits per heavy atom. The average Bonchev–Trinajstić information content (AvgIpc) is 2.56. The summed E-state index contributed by atoms with van der Waals surface area (Å²) < 4.78 is 5.53. The van der Waals surface area contributed by atoms with Crippen LogP contribution in [-0.4, -0.2) is 17.6 Å². The zero-order chi connectivity index (χ0) is 16.5. The number of hydrogen-bond acceptors (Lipinski definition) is 3. The van der Waals surface area contributed by atoms with Crippen LogP contribution in [0.3, 0.4) is 0 Å². The van der Waals surface area contributed by atoms with E-state index in [-0.39, 0.29) is 5.91 Å². The van der Waals surface area contributed by atoms with Crippen LogP contribution in [0.25, 0.3) is 0 Å². The highest BCUT2D eigenvalue weighted by atomic mass is 32.1. The lowest BCUT2D eigenvalue weighted by atomic mass is 9.86. The summed E-state index contributed by atoms with van der Waals surface area (Å²) in [6, 6.07) is 7.56. The third-order valence-electron chi connectivity index (χ3n) is 4.19. The molecule has 0 aliphatic heterocycles. The first kappa shape index (κ1) is 17.7. The lowest BCUT2D eigenvalue weighted by Gasteiger charge is -2.21. The molecule has 126 valence electrons. The third kappa shape index (κ3) is 6.18. The van der Waals surface area contributed by atoms with Crippen LogP contribution in [0.1, 0.15) is 51.9 Å². The van der Waals surface area contributed by atoms with Crippen molar-refractivity contribution in [3.05, 3.63) is 24.3 Å². The maximum Gasteiger partial charge on any atom is 0.226 e. The molecule has 2 rings (SSSR count). The van der Waals surface area contributed by atoms with Gasteiger partial charge in [-0.3, -0.25) is 4.79 Å². The van der Waals surface area contributed by atoms with Gasteiger partial charge in [0.05, 0.1) is 12.3 Å². The van der Waals surface area contributed by atoms with E-state index in [1.165, 1.54) is 32.1 Å². The molecule has 1 amide bonds. The fourth-order valence-electron chi connectivity index (χ4n) is 3.01. The molecule has 1 aliphatic carbocycles. The molecule has 1 aromatic rings. The van der Waals surface area contributed by atoms with E-state index in [9.17, 15) is 4.79 Å². The SMILES string of the molecule is CCOc1ccccc1NC(=S)NC(=O)CCC1CCCCC1. The van der Waals surface area contributed by atoms with Crippen LogP contribution in [0.4, 0.5) is 5.69 Å². The number of nitrogens with one attached hydrogen (secondary N) is 2. The molecule has 0 spiro atoms. The molecule has 1 saturated carbocycles. The number of ether oxygens (including phenoxy) is 1. The maximum atomic E-state index is 12.0. The molecule has 1 aliphatic rings. The standard InChI is InChI=1S/C18H26N2O2S/c1-2-22-16-11-7-6-10-15(16)19-18(23)20-17(21)13-12-14-8-4-3-5-9-14/h6-7,10-11,14H,2-5,8-9,12-13H2,1H3,(H2,19,20,21,23). The predicted octanol–water partition coefficient (Wildman–Crippen LogP) is 4.26. The summed E-state index contributed by atoms with van der Waals surface area (Å²) in [4.78, 5) is 12.0. The van der Waals surface area contributed by atoms with Gasteiger partial charge in [-0.2, -0.15) is 0 Å². The minimum absolute atomic E-state index is 0.0121. The van der Waals surface area contributed by atoms with Crippen molar-refractivity contribution < 1.29 is 9.53 Å². The van der Waals surface area contributed by atoms with Crippen molar-refractivity contribution >= 4 is 28.9 Å². The molecule has 0 atom stereocenters. The summed E-state index contributed by atoms with van der Waals surface area (Å²) in [5, 5.41) is 6.13. The molecule has 0 aromatic heterocycles. The van der Waals surface area contributed by atoms with E-state index < -0.39 is 0 Å². The lowest BCUT2D eigenvalue weighted by Crippen LogP contribution is -2.34. The Hall–Kier alpha value is -1.62. The number of benzene rings is 1. The average molecular weight is 334 g/mol. The lowest BCUT2D eigenvalue weighted by molar-refractivity contribution is -0.120. The zero-order valence-electron chi connectivity index (χ0n) is 13.8. The second kappa shape index (κ2) is 9.50. The Balaban J connectivity index is 1.76. The minimum atomic E-state index is -0.0121. The van der Waals surface area contributed by atoms with Crippen molar-refractivity contribution in [3.8, 4) is 5.75 Å². The summed E-state index contributed by atoms with van der Waals surface area (Å²) in [7, 11) is 0. The minimum Gasteiger partial charge on any atom is -0.492 e. The van der Waals surface area contributed by atoms with Crippen molar-refractivity contribution in [2.24, 2.45) is 5.92 Å². The molecule has 2 N–H and O–H groups in total. The molecule has 0 saturated heterocycles. The molecule has 0 radical (unpaired) electrons. The van der Waals surface area contributed by atoms with Crippen LogP contribution in [-0.2, 0) is 4.79 Å². The Kier molecular flexibility index (Phi) is 7.33. The van der Waals surface area contributed by atoms with E-state index in [0.717, 1.165) is 17.9 Å². The van der Waals surface area contributed by atoms with Crippen molar-refractivity contribution in [2.75, 3.05) is 11.9 Å². The zero-order valence-corrected chi connectivity index (χ0v) is 14.6. The van der Waals surface area contributed by atoms with Gasteiger partial charge in [-0.25, -0.2) is 0 Å². The Labute approximate surface area is 144 Å². The van der Waals surface area contributed by atoms with Gasteiger partial charge in [0.2, 0.25) is 5.91 Å². The summed E-state index contributed by atoms with van der Waals surface area (Å²) in [6.45, 7) is 2.52. The molecular weight excluding hydrogens is 308 g/mol. The van der Waals surface area contributed by atoms with E-state index >= 15 is 0 Å². The van der Waals surface area contributed by atoms with Gasteiger partial charge in [-0.05, 0) is 43.6 Å². The first-order chi connectivity index (χ1) is 11.2. The molecular formula is C18H26N2O2S. The number of thiocarbonyl (C=S) groups is 1. The van der Waals surface area contributed by atoms with Gasteiger partial charge in [0.25, 0.3) is 0 Å². The van der Waals surface area contributed by atoms with Crippen LogP contribution in [0, 0.1) is 5.92 Å². The molecule has 0 unspecified atom stereocenters. The number of carbonyl (C=O) groups is 1. The van der Waals surface area contributed by atoms with Crippen molar-refractivity contribution in [3.63, 3.8) is 0 Å². The summed E-state index contributed by atoms with van der Waals surface area (Å²) in [5.74, 6) is 1.42. The second-order valence-electron chi connectivity index (χ2n) is 5.97. The number of amides is 1. The van der Waals surface area contributed by atoms with E-state index in [1.807, 2.05) is 31.2 Å². The van der Waals surface area contributed by atoms with Gasteiger partial charge < -0.3 is 15.4 Å². The van der Waals surface area contributed by atoms with Crippen molar-refractivity contribution in [1.29, 1.82) is 0 Å². The number of rotatable bonds is 6. The predicted molar refractivity (Wildman–Crippen MR) is 97.8 cm³/mol. The largest absolute Gasteiger partial charge is 0.492 e. The number of hydrogen-bond donors (Lipinski definition) is 2.